The molecule has 6 nitrogen and oxygen atoms in total. The van der Waals surface area contributed by atoms with E-state index in [9.17, 15) is 8.42 Å². The monoisotopic (exact) mass is 386 g/mol. The number of nitrogens with two attached hydrogens (primary N) is 1. The van der Waals surface area contributed by atoms with Gasteiger partial charge in [0.1, 0.15) is 12.7 Å². The number of fused-ring (bicyclic) bond motifs is 1. The van der Waals surface area contributed by atoms with E-state index in [0.29, 0.717) is 12.8 Å². The molecule has 1 aromatic rings. The maximum atomic E-state index is 11.5. The number of alkyl halides is 3. The molecule has 1 aromatic carbocycles. The number of nitrogens with zero attached hydrogens (tertiary/aromatic N) is 1. The molecule has 0 spiro atoms. The molecule has 0 atom stereocenters. The van der Waals surface area contributed by atoms with Gasteiger partial charge in [0.25, 0.3) is 6.02 Å². The van der Waals surface area contributed by atoms with Crippen molar-refractivity contribution in [3.8, 4) is 0 Å². The number of halogens is 3. The predicted molar refractivity (Wildman–Crippen MR) is 85.5 cm³/mol. The third-order valence-corrected chi connectivity index (χ3v) is 4.02. The smallest absolute Gasteiger partial charge is 0.385 e. The van der Waals surface area contributed by atoms with Gasteiger partial charge in [-0.25, -0.2) is 4.18 Å². The van der Waals surface area contributed by atoms with Crippen LogP contribution in [0.3, 0.4) is 0 Å². The Balaban J connectivity index is 1.94. The van der Waals surface area contributed by atoms with Gasteiger partial charge in [-0.1, -0.05) is 63.5 Å². The van der Waals surface area contributed by atoms with Crippen LogP contribution in [0.4, 0.5) is 0 Å². The third kappa shape index (κ3) is 5.48. The molecule has 0 bridgehead atoms. The van der Waals surface area contributed by atoms with Gasteiger partial charge in [0.05, 0.1) is 0 Å². The summed E-state index contributed by atoms with van der Waals surface area (Å²) in [4.78, 5) is 0. The number of hydrogen-bond acceptors (Lipinski definition) is 4. The molecule has 22 heavy (non-hydrogen) atoms. The lowest BCUT2D eigenvalue weighted by molar-refractivity contribution is 0.196. The average molecular weight is 388 g/mol. The predicted octanol–water partition coefficient (Wildman–Crippen LogP) is 2.12. The highest BCUT2D eigenvalue weighted by Gasteiger charge is 2.26. The molecule has 0 radical (unpaired) electrons. The van der Waals surface area contributed by atoms with Crippen molar-refractivity contribution in [2.75, 3.05) is 6.61 Å². The second-order valence-electron chi connectivity index (χ2n) is 4.65. The molecular weight excluding hydrogens is 375 g/mol. The molecule has 0 amide bonds. The molecule has 0 saturated heterocycles. The van der Waals surface area contributed by atoms with E-state index in [1.807, 2.05) is 24.3 Å². The molecular formula is C12H13Cl3N2O4S. The second kappa shape index (κ2) is 6.80. The number of amidine groups is 1. The van der Waals surface area contributed by atoms with Crippen LogP contribution in [0.25, 0.3) is 0 Å². The zero-order chi connectivity index (χ0) is 16.4. The van der Waals surface area contributed by atoms with Gasteiger partial charge in [-0.2, -0.15) is 8.42 Å². The van der Waals surface area contributed by atoms with E-state index in [4.69, 9.17) is 45.3 Å². The SMILES string of the molecule is N/C(=N\S(=O)(=O)OCC(Cl)(Cl)Cl)OC1Cc2ccccc2C1. The summed E-state index contributed by atoms with van der Waals surface area (Å²) in [5, 5.41) is 0. The first-order valence-corrected chi connectivity index (χ1v) is 8.69. The lowest BCUT2D eigenvalue weighted by Crippen LogP contribution is -2.27. The highest BCUT2D eigenvalue weighted by molar-refractivity contribution is 7.85. The van der Waals surface area contributed by atoms with Crippen LogP contribution in [0.2, 0.25) is 0 Å². The highest BCUT2D eigenvalue weighted by Crippen LogP contribution is 2.27. The summed E-state index contributed by atoms with van der Waals surface area (Å²) in [5.74, 6) is 0. The van der Waals surface area contributed by atoms with Crippen LogP contribution in [-0.4, -0.2) is 30.9 Å². The molecule has 10 heteroatoms. The molecule has 122 valence electrons. The van der Waals surface area contributed by atoms with Crippen molar-refractivity contribution in [2.24, 2.45) is 10.1 Å². The van der Waals surface area contributed by atoms with Gasteiger partial charge in [0.2, 0.25) is 3.79 Å². The number of hydrogen-bond donors (Lipinski definition) is 1. The second-order valence-corrected chi connectivity index (χ2v) is 8.44. The number of ether oxygens (including phenoxy) is 1. The quantitative estimate of drug-likeness (QED) is 0.485. The average Bonchev–Trinajstić information content (AvgIpc) is 2.77. The van der Waals surface area contributed by atoms with Crippen LogP contribution >= 0.6 is 34.8 Å². The van der Waals surface area contributed by atoms with Crippen molar-refractivity contribution in [1.82, 2.24) is 0 Å². The Morgan fingerprint density at radius 1 is 1.27 bits per heavy atom. The number of rotatable bonds is 4. The van der Waals surface area contributed by atoms with Crippen molar-refractivity contribution in [3.05, 3.63) is 35.4 Å². The summed E-state index contributed by atoms with van der Waals surface area (Å²) in [5.41, 5.74) is 7.75. The zero-order valence-corrected chi connectivity index (χ0v) is 14.3. The fourth-order valence-corrected chi connectivity index (χ4v) is 3.07. The van der Waals surface area contributed by atoms with E-state index in [2.05, 4.69) is 8.58 Å². The van der Waals surface area contributed by atoms with Crippen LogP contribution < -0.4 is 5.73 Å². The summed E-state index contributed by atoms with van der Waals surface area (Å²) in [7, 11) is -4.34. The van der Waals surface area contributed by atoms with Crippen LogP contribution in [0.15, 0.2) is 28.7 Å². The van der Waals surface area contributed by atoms with Crippen molar-refractivity contribution >= 4 is 51.1 Å². The number of benzene rings is 1. The van der Waals surface area contributed by atoms with E-state index in [0.717, 1.165) is 11.1 Å². The summed E-state index contributed by atoms with van der Waals surface area (Å²) in [6.07, 6.45) is 0.979. The molecule has 1 aliphatic carbocycles. The fourth-order valence-electron chi connectivity index (χ4n) is 2.07. The molecule has 0 aromatic heterocycles. The lowest BCUT2D eigenvalue weighted by Gasteiger charge is -2.12. The summed E-state index contributed by atoms with van der Waals surface area (Å²) >= 11 is 16.2. The van der Waals surface area contributed by atoms with Crippen molar-refractivity contribution in [1.29, 1.82) is 0 Å². The summed E-state index contributed by atoms with van der Waals surface area (Å²) in [6.45, 7) is -0.675. The van der Waals surface area contributed by atoms with Gasteiger partial charge in [-0.3, -0.25) is 0 Å². The summed E-state index contributed by atoms with van der Waals surface area (Å²) in [6, 6.07) is 7.29. The van der Waals surface area contributed by atoms with Crippen molar-refractivity contribution in [2.45, 2.75) is 22.7 Å². The van der Waals surface area contributed by atoms with Crippen LogP contribution in [0, 0.1) is 0 Å². The Bertz CT molecular complexity index is 648. The first kappa shape index (κ1) is 17.6. The van der Waals surface area contributed by atoms with Gasteiger partial charge in [0, 0.05) is 12.8 Å². The van der Waals surface area contributed by atoms with E-state index >= 15 is 0 Å². The molecule has 0 heterocycles. The Morgan fingerprint density at radius 2 is 1.82 bits per heavy atom. The minimum absolute atomic E-state index is 0.274. The van der Waals surface area contributed by atoms with E-state index in [1.165, 1.54) is 0 Å². The molecule has 1 aliphatic rings. The largest absolute Gasteiger partial charge is 0.461 e. The van der Waals surface area contributed by atoms with Crippen LogP contribution in [0.1, 0.15) is 11.1 Å². The molecule has 0 aliphatic heterocycles. The van der Waals surface area contributed by atoms with E-state index < -0.39 is 26.7 Å². The zero-order valence-electron chi connectivity index (χ0n) is 11.2. The van der Waals surface area contributed by atoms with Gasteiger partial charge in [-0.15, -0.1) is 0 Å². The fraction of sp³-hybridized carbons (Fsp3) is 0.417. The normalized spacial score (nSPS) is 16.6. The van der Waals surface area contributed by atoms with Crippen LogP contribution in [0.5, 0.6) is 0 Å². The molecule has 0 fully saturated rings. The van der Waals surface area contributed by atoms with E-state index in [1.54, 1.807) is 0 Å². The standard InChI is InChI=1S/C12H13Cl3N2O4S/c13-12(14,15)7-20-22(18,19)17-11(16)21-10-5-8-3-1-2-4-9(8)6-10/h1-4,10H,5-7H2,(H2,16,17). The Labute approximate surface area is 143 Å². The van der Waals surface area contributed by atoms with Gasteiger partial charge < -0.3 is 10.5 Å². The first-order chi connectivity index (χ1) is 10.1. The Hall–Kier alpha value is -0.730. The lowest BCUT2D eigenvalue weighted by atomic mass is 10.1. The molecule has 0 saturated carbocycles. The molecule has 2 rings (SSSR count). The minimum atomic E-state index is -4.34. The third-order valence-electron chi connectivity index (χ3n) is 2.87. The van der Waals surface area contributed by atoms with Crippen LogP contribution in [-0.2, 0) is 32.1 Å². The highest BCUT2D eigenvalue weighted by atomic mass is 35.6. The van der Waals surface area contributed by atoms with Gasteiger partial charge in [0.15, 0.2) is 0 Å². The summed E-state index contributed by atoms with van der Waals surface area (Å²) < 4.78 is 34.1. The van der Waals surface area contributed by atoms with E-state index in [-0.39, 0.29) is 6.10 Å². The van der Waals surface area contributed by atoms with Gasteiger partial charge >= 0.3 is 10.3 Å². The maximum absolute atomic E-state index is 11.5. The Kier molecular flexibility index (Phi) is 5.45. The van der Waals surface area contributed by atoms with Gasteiger partial charge in [-0.05, 0) is 11.1 Å². The van der Waals surface area contributed by atoms with Crippen molar-refractivity contribution < 1.29 is 17.3 Å². The van der Waals surface area contributed by atoms with Crippen molar-refractivity contribution in [3.63, 3.8) is 0 Å². The Morgan fingerprint density at radius 3 is 2.32 bits per heavy atom. The molecule has 2 N–H and O–H groups in total. The first-order valence-electron chi connectivity index (χ1n) is 6.19. The maximum Gasteiger partial charge on any atom is 0.385 e. The molecule has 0 unspecified atom stereocenters. The topological polar surface area (TPSA) is 91.0 Å². The minimum Gasteiger partial charge on any atom is -0.461 e.